The Kier molecular flexibility index (Phi) is 4.26. The van der Waals surface area contributed by atoms with E-state index in [2.05, 4.69) is 12.2 Å². The van der Waals surface area contributed by atoms with E-state index in [1.165, 1.54) is 6.42 Å². The molecule has 0 spiro atoms. The summed E-state index contributed by atoms with van der Waals surface area (Å²) in [5.41, 5.74) is 5.02. The molecule has 1 aliphatic carbocycles. The van der Waals surface area contributed by atoms with E-state index in [0.717, 1.165) is 25.0 Å². The molecule has 1 amide bonds. The van der Waals surface area contributed by atoms with Crippen LogP contribution in [0.2, 0.25) is 0 Å². The molecule has 82 valence electrons. The van der Waals surface area contributed by atoms with Crippen LogP contribution in [0, 0.1) is 0 Å². The van der Waals surface area contributed by atoms with Crippen molar-refractivity contribution in [3.63, 3.8) is 0 Å². The van der Waals surface area contributed by atoms with E-state index in [9.17, 15) is 4.79 Å². The van der Waals surface area contributed by atoms with Crippen molar-refractivity contribution < 1.29 is 4.79 Å². The smallest absolute Gasteiger partial charge is 0.237 e. The van der Waals surface area contributed by atoms with Crippen molar-refractivity contribution in [2.45, 2.75) is 43.4 Å². The zero-order chi connectivity index (χ0) is 10.6. The molecular weight excluding hydrogens is 196 g/mol. The Morgan fingerprint density at radius 3 is 2.93 bits per heavy atom. The number of nitrogens with one attached hydrogen (secondary N) is 1. The molecule has 2 unspecified atom stereocenters. The summed E-state index contributed by atoms with van der Waals surface area (Å²) in [6.45, 7) is 2.16. The van der Waals surface area contributed by atoms with Gasteiger partial charge in [0.05, 0.1) is 5.54 Å². The number of amides is 1. The minimum atomic E-state index is -0.439. The van der Waals surface area contributed by atoms with Crippen molar-refractivity contribution in [1.82, 2.24) is 5.32 Å². The molecule has 0 aromatic carbocycles. The van der Waals surface area contributed by atoms with Gasteiger partial charge in [-0.25, -0.2) is 0 Å². The predicted molar refractivity (Wildman–Crippen MR) is 61.4 cm³/mol. The summed E-state index contributed by atoms with van der Waals surface area (Å²) in [5.74, 6) is 0.921. The number of hydrogen-bond donors (Lipinski definition) is 2. The SMILES string of the molecule is CCSC1CCCC(NC)(C(N)=O)C1. The molecule has 0 bridgehead atoms. The van der Waals surface area contributed by atoms with Crippen LogP contribution in [0.25, 0.3) is 0 Å². The van der Waals surface area contributed by atoms with Crippen molar-refractivity contribution in [1.29, 1.82) is 0 Å². The van der Waals surface area contributed by atoms with Gasteiger partial charge in [0.1, 0.15) is 0 Å². The van der Waals surface area contributed by atoms with Crippen molar-refractivity contribution in [2.75, 3.05) is 12.8 Å². The van der Waals surface area contributed by atoms with Gasteiger partial charge in [0.15, 0.2) is 0 Å². The molecule has 4 heteroatoms. The van der Waals surface area contributed by atoms with E-state index in [1.807, 2.05) is 18.8 Å². The summed E-state index contributed by atoms with van der Waals surface area (Å²) >= 11 is 1.94. The van der Waals surface area contributed by atoms with E-state index in [4.69, 9.17) is 5.73 Å². The van der Waals surface area contributed by atoms with E-state index < -0.39 is 5.54 Å². The van der Waals surface area contributed by atoms with Gasteiger partial charge in [0.2, 0.25) is 5.91 Å². The molecule has 1 rings (SSSR count). The van der Waals surface area contributed by atoms with Crippen LogP contribution in [0.4, 0.5) is 0 Å². The fourth-order valence-electron chi connectivity index (χ4n) is 2.18. The summed E-state index contributed by atoms with van der Waals surface area (Å²) in [4.78, 5) is 11.4. The third kappa shape index (κ3) is 2.42. The number of rotatable bonds is 4. The number of carbonyl (C=O) groups excluding carboxylic acids is 1. The van der Waals surface area contributed by atoms with Crippen molar-refractivity contribution >= 4 is 17.7 Å². The van der Waals surface area contributed by atoms with Gasteiger partial charge >= 0.3 is 0 Å². The van der Waals surface area contributed by atoms with Gasteiger partial charge in [0, 0.05) is 5.25 Å². The van der Waals surface area contributed by atoms with Crippen molar-refractivity contribution in [2.24, 2.45) is 5.73 Å². The maximum absolute atomic E-state index is 11.4. The van der Waals surface area contributed by atoms with Crippen LogP contribution in [0.3, 0.4) is 0 Å². The number of nitrogens with two attached hydrogens (primary N) is 1. The molecule has 3 N–H and O–H groups in total. The second-order valence-electron chi connectivity index (χ2n) is 3.87. The Morgan fingerprint density at radius 1 is 1.71 bits per heavy atom. The standard InChI is InChI=1S/C10H20N2OS/c1-3-14-8-5-4-6-10(7-8,12-2)9(11)13/h8,12H,3-7H2,1-2H3,(H2,11,13). The topological polar surface area (TPSA) is 55.1 Å². The van der Waals surface area contributed by atoms with Crippen LogP contribution >= 0.6 is 11.8 Å². The number of likely N-dealkylation sites (N-methyl/N-ethyl adjacent to an activating group) is 1. The average Bonchev–Trinajstić information content (AvgIpc) is 2.18. The first-order valence-corrected chi connectivity index (χ1v) is 6.30. The second kappa shape index (κ2) is 5.03. The molecule has 2 atom stereocenters. The quantitative estimate of drug-likeness (QED) is 0.740. The lowest BCUT2D eigenvalue weighted by atomic mass is 9.81. The molecule has 0 aromatic rings. The van der Waals surface area contributed by atoms with Gasteiger partial charge in [-0.05, 0) is 38.5 Å². The van der Waals surface area contributed by atoms with Gasteiger partial charge in [0.25, 0.3) is 0 Å². The van der Waals surface area contributed by atoms with Crippen LogP contribution in [-0.4, -0.2) is 29.5 Å². The first-order chi connectivity index (χ1) is 6.64. The molecule has 0 saturated heterocycles. The highest BCUT2D eigenvalue weighted by atomic mass is 32.2. The molecular formula is C10H20N2OS. The molecule has 1 fully saturated rings. The van der Waals surface area contributed by atoms with Gasteiger partial charge in [-0.1, -0.05) is 6.92 Å². The van der Waals surface area contributed by atoms with Crippen molar-refractivity contribution in [3.8, 4) is 0 Å². The minimum absolute atomic E-state index is 0.193. The van der Waals surface area contributed by atoms with Crippen LogP contribution in [0.1, 0.15) is 32.6 Å². The summed E-state index contributed by atoms with van der Waals surface area (Å²) in [6.07, 6.45) is 4.09. The Hall–Kier alpha value is -0.220. The number of hydrogen-bond acceptors (Lipinski definition) is 3. The molecule has 0 radical (unpaired) electrons. The fourth-order valence-corrected chi connectivity index (χ4v) is 3.38. The molecule has 1 aliphatic rings. The zero-order valence-corrected chi connectivity index (χ0v) is 9.82. The summed E-state index contributed by atoms with van der Waals surface area (Å²) in [6, 6.07) is 0. The lowest BCUT2D eigenvalue weighted by molar-refractivity contribution is -0.125. The molecule has 1 saturated carbocycles. The lowest BCUT2D eigenvalue weighted by Gasteiger charge is -2.38. The van der Waals surface area contributed by atoms with E-state index in [0.29, 0.717) is 5.25 Å². The lowest BCUT2D eigenvalue weighted by Crippen LogP contribution is -2.57. The van der Waals surface area contributed by atoms with Gasteiger partial charge in [-0.2, -0.15) is 11.8 Å². The predicted octanol–water partition coefficient (Wildman–Crippen LogP) is 1.13. The highest BCUT2D eigenvalue weighted by Crippen LogP contribution is 2.34. The minimum Gasteiger partial charge on any atom is -0.368 e. The monoisotopic (exact) mass is 216 g/mol. The van der Waals surface area contributed by atoms with Crippen LogP contribution in [0.5, 0.6) is 0 Å². The zero-order valence-electron chi connectivity index (χ0n) is 9.01. The first kappa shape index (κ1) is 11.9. The largest absolute Gasteiger partial charge is 0.368 e. The van der Waals surface area contributed by atoms with E-state index in [-0.39, 0.29) is 5.91 Å². The summed E-state index contributed by atoms with van der Waals surface area (Å²) < 4.78 is 0. The average molecular weight is 216 g/mol. The number of carbonyl (C=O) groups is 1. The maximum atomic E-state index is 11.4. The summed E-state index contributed by atoms with van der Waals surface area (Å²) in [5, 5.41) is 3.71. The third-order valence-electron chi connectivity index (χ3n) is 3.06. The molecule has 0 aliphatic heterocycles. The normalized spacial score (nSPS) is 32.9. The Labute approximate surface area is 90.2 Å². The third-order valence-corrected chi connectivity index (χ3v) is 4.27. The first-order valence-electron chi connectivity index (χ1n) is 5.25. The summed E-state index contributed by atoms with van der Waals surface area (Å²) in [7, 11) is 1.84. The molecule has 3 nitrogen and oxygen atoms in total. The molecule has 14 heavy (non-hydrogen) atoms. The Balaban J connectivity index is 2.64. The molecule has 0 heterocycles. The number of primary amides is 1. The second-order valence-corrected chi connectivity index (χ2v) is 5.45. The fraction of sp³-hybridized carbons (Fsp3) is 0.900. The number of thioether (sulfide) groups is 1. The van der Waals surface area contributed by atoms with Gasteiger partial charge in [-0.15, -0.1) is 0 Å². The van der Waals surface area contributed by atoms with Crippen LogP contribution in [-0.2, 0) is 4.79 Å². The van der Waals surface area contributed by atoms with Crippen LogP contribution < -0.4 is 11.1 Å². The van der Waals surface area contributed by atoms with Crippen molar-refractivity contribution in [3.05, 3.63) is 0 Å². The van der Waals surface area contributed by atoms with E-state index >= 15 is 0 Å². The van der Waals surface area contributed by atoms with Gasteiger partial charge in [-0.3, -0.25) is 4.79 Å². The highest BCUT2D eigenvalue weighted by Gasteiger charge is 2.39. The van der Waals surface area contributed by atoms with Crippen LogP contribution in [0.15, 0.2) is 0 Å². The Morgan fingerprint density at radius 2 is 2.43 bits per heavy atom. The molecule has 0 aromatic heterocycles. The van der Waals surface area contributed by atoms with E-state index in [1.54, 1.807) is 0 Å². The maximum Gasteiger partial charge on any atom is 0.237 e. The van der Waals surface area contributed by atoms with Gasteiger partial charge < -0.3 is 11.1 Å². The highest BCUT2D eigenvalue weighted by molar-refractivity contribution is 7.99. The Bertz CT molecular complexity index is 208.